The Bertz CT molecular complexity index is 2070. The number of dihydropyridines is 1. The van der Waals surface area contributed by atoms with Crippen LogP contribution in [0, 0.1) is 23.6 Å². The number of ether oxygens (including phenoxy) is 2. The predicted molar refractivity (Wildman–Crippen MR) is 224 cm³/mol. The fraction of sp³-hybridized carbons (Fsp3) is 0.553. The summed E-state index contributed by atoms with van der Waals surface area (Å²) in [5, 5.41) is 9.25. The highest BCUT2D eigenvalue weighted by atomic mass is 19.1. The molecule has 2 saturated heterocycles. The second-order valence-corrected chi connectivity index (χ2v) is 17.8. The van der Waals surface area contributed by atoms with E-state index in [-0.39, 0.29) is 48.5 Å². The second-order valence-electron chi connectivity index (χ2n) is 17.8. The molecule has 9 rings (SSSR count). The van der Waals surface area contributed by atoms with Gasteiger partial charge in [0, 0.05) is 43.2 Å². The number of carbonyl (C=O) groups excluding carboxylic acids is 2. The number of carbonyl (C=O) groups is 2. The molecular weight excluding hydrogens is 746 g/mol. The fourth-order valence-corrected chi connectivity index (χ4v) is 10.3. The van der Waals surface area contributed by atoms with Crippen molar-refractivity contribution in [2.24, 2.45) is 22.7 Å². The summed E-state index contributed by atoms with van der Waals surface area (Å²) in [5.41, 5.74) is 7.98. The summed E-state index contributed by atoms with van der Waals surface area (Å²) >= 11 is 0. The standard InChI is InChI=1S/C47H58FN7O4/c1-29-42(26-50-46-44(29)49-18-20-58-46)55-19-17-35-25-51-47(53-41(35)27-55)52-37-13-12-36(40(48)24-37)28-59-38-4-2-3-31(9-14-38)21-33-22-32(23-33)6-5-30-7-10-34(11-8-30)39-15-16-43(56)54-45(39)57/h7-8,10-13,24-26,31-33,38-39,44,46,49H,2-6,9,14-23,27-28H2,1H3,(H,51,52,53)(H,54,56,57). The van der Waals surface area contributed by atoms with Crippen LogP contribution >= 0.6 is 0 Å². The van der Waals surface area contributed by atoms with Crippen LogP contribution in [0.3, 0.4) is 0 Å². The predicted octanol–water partition coefficient (Wildman–Crippen LogP) is 7.43. The zero-order valence-electron chi connectivity index (χ0n) is 34.3. The summed E-state index contributed by atoms with van der Waals surface area (Å²) in [4.78, 5) is 40.2. The number of aliphatic imine (C=N–C) groups is 1. The highest BCUT2D eigenvalue weighted by molar-refractivity contribution is 6.00. The number of halogens is 1. The fourth-order valence-electron chi connectivity index (χ4n) is 10.3. The summed E-state index contributed by atoms with van der Waals surface area (Å²) in [6.45, 7) is 5.46. The Morgan fingerprint density at radius 1 is 1.00 bits per heavy atom. The number of imide groups is 1. The van der Waals surface area contributed by atoms with Gasteiger partial charge in [0.1, 0.15) is 5.82 Å². The van der Waals surface area contributed by atoms with E-state index in [4.69, 9.17) is 14.5 Å². The average molecular weight is 804 g/mol. The largest absolute Gasteiger partial charge is 0.373 e. The third-order valence-electron chi connectivity index (χ3n) is 13.8. The zero-order chi connectivity index (χ0) is 40.3. The maximum atomic E-state index is 15.4. The van der Waals surface area contributed by atoms with E-state index in [1.54, 1.807) is 0 Å². The molecule has 2 aliphatic carbocycles. The number of aromatic nitrogens is 2. The SMILES string of the molecule is CC1=C(N2CCc3cnc(Nc4ccc(COC5CCCC(CC6CC(CCc7ccc(C8CCC(=O)NC8=O)cc7)C6)CC5)c(F)c4)nc3C2)C=NC2OCCNC12. The maximum Gasteiger partial charge on any atom is 0.234 e. The minimum Gasteiger partial charge on any atom is -0.373 e. The Labute approximate surface area is 347 Å². The van der Waals surface area contributed by atoms with E-state index in [0.29, 0.717) is 43.2 Å². The van der Waals surface area contributed by atoms with Gasteiger partial charge >= 0.3 is 0 Å². The van der Waals surface area contributed by atoms with E-state index in [9.17, 15) is 9.59 Å². The van der Waals surface area contributed by atoms with Gasteiger partial charge in [0.15, 0.2) is 6.23 Å². The topological polar surface area (TPSA) is 130 Å². The monoisotopic (exact) mass is 803 g/mol. The second kappa shape index (κ2) is 18.0. The number of piperidine rings is 1. The Hall–Kier alpha value is -4.52. The van der Waals surface area contributed by atoms with Crippen LogP contribution in [0.5, 0.6) is 0 Å². The highest BCUT2D eigenvalue weighted by Crippen LogP contribution is 2.43. The number of nitrogens with zero attached hydrogens (tertiary/aromatic N) is 4. The lowest BCUT2D eigenvalue weighted by Crippen LogP contribution is -2.51. The van der Waals surface area contributed by atoms with Crippen molar-refractivity contribution in [1.82, 2.24) is 25.5 Å². The van der Waals surface area contributed by atoms with Gasteiger partial charge < -0.3 is 25.0 Å². The number of amides is 2. The molecule has 4 fully saturated rings. The van der Waals surface area contributed by atoms with E-state index >= 15 is 4.39 Å². The van der Waals surface area contributed by atoms with Crippen molar-refractivity contribution < 1.29 is 23.5 Å². The van der Waals surface area contributed by atoms with Crippen molar-refractivity contribution in [2.75, 3.05) is 25.0 Å². The number of fused-ring (bicyclic) bond motifs is 2. The van der Waals surface area contributed by atoms with E-state index in [0.717, 1.165) is 79.0 Å². The van der Waals surface area contributed by atoms with Crippen LogP contribution < -0.4 is 16.0 Å². The minimum atomic E-state index is -0.285. The number of allylic oxidation sites excluding steroid dienone is 1. The summed E-state index contributed by atoms with van der Waals surface area (Å²) in [6.07, 6.45) is 17.7. The van der Waals surface area contributed by atoms with Crippen LogP contribution in [-0.2, 0) is 45.1 Å². The first-order chi connectivity index (χ1) is 28.8. The zero-order valence-corrected chi connectivity index (χ0v) is 34.3. The smallest absolute Gasteiger partial charge is 0.234 e. The summed E-state index contributed by atoms with van der Waals surface area (Å²) in [7, 11) is 0. The molecule has 6 aliphatic rings. The van der Waals surface area contributed by atoms with E-state index in [2.05, 4.69) is 62.0 Å². The molecule has 11 nitrogen and oxygen atoms in total. The third kappa shape index (κ3) is 9.45. The molecule has 2 aromatic carbocycles. The van der Waals surface area contributed by atoms with Crippen LogP contribution in [0.4, 0.5) is 16.0 Å². The lowest BCUT2D eigenvalue weighted by molar-refractivity contribution is -0.134. The lowest BCUT2D eigenvalue weighted by Gasteiger charge is -2.38. The molecule has 1 aromatic heterocycles. The molecule has 12 heteroatoms. The van der Waals surface area contributed by atoms with Crippen molar-refractivity contribution in [3.8, 4) is 0 Å². The number of anilines is 2. The first-order valence-corrected chi connectivity index (χ1v) is 22.1. The van der Waals surface area contributed by atoms with Crippen LogP contribution in [0.1, 0.15) is 111 Å². The molecule has 2 amide bonds. The van der Waals surface area contributed by atoms with Gasteiger partial charge in [-0.25, -0.2) is 14.4 Å². The van der Waals surface area contributed by atoms with Crippen LogP contribution in [0.25, 0.3) is 0 Å². The Morgan fingerprint density at radius 2 is 1.88 bits per heavy atom. The molecule has 2 saturated carbocycles. The molecule has 59 heavy (non-hydrogen) atoms. The number of aryl methyl sites for hydroxylation is 1. The number of morpholine rings is 1. The molecule has 3 aromatic rings. The Balaban J connectivity index is 0.692. The van der Waals surface area contributed by atoms with Crippen LogP contribution in [0.15, 0.2) is 64.9 Å². The van der Waals surface area contributed by atoms with Crippen LogP contribution in [0.2, 0.25) is 0 Å². The Kier molecular flexibility index (Phi) is 12.2. The molecule has 0 radical (unpaired) electrons. The molecule has 5 heterocycles. The van der Waals surface area contributed by atoms with Crippen molar-refractivity contribution in [3.05, 3.63) is 93.7 Å². The van der Waals surface area contributed by atoms with E-state index in [1.807, 2.05) is 24.5 Å². The number of benzene rings is 2. The van der Waals surface area contributed by atoms with Gasteiger partial charge in [-0.05, 0) is 123 Å². The van der Waals surface area contributed by atoms with E-state index in [1.165, 1.54) is 62.1 Å². The van der Waals surface area contributed by atoms with Crippen LogP contribution in [-0.4, -0.2) is 71.0 Å². The van der Waals surface area contributed by atoms with Crippen molar-refractivity contribution in [2.45, 2.75) is 128 Å². The number of hydrogen-bond acceptors (Lipinski definition) is 10. The quantitative estimate of drug-likeness (QED) is 0.127. The molecule has 3 N–H and O–H groups in total. The molecule has 312 valence electrons. The third-order valence-corrected chi connectivity index (χ3v) is 13.8. The summed E-state index contributed by atoms with van der Waals surface area (Å²) in [6, 6.07) is 13.8. The summed E-state index contributed by atoms with van der Waals surface area (Å²) in [5.74, 6) is 2.00. The summed E-state index contributed by atoms with van der Waals surface area (Å²) < 4.78 is 27.6. The van der Waals surface area contributed by atoms with Gasteiger partial charge in [-0.1, -0.05) is 43.2 Å². The molecule has 5 unspecified atom stereocenters. The molecular formula is C47H58FN7O4. The molecule has 0 spiro atoms. The molecule has 4 aliphatic heterocycles. The first kappa shape index (κ1) is 39.9. The normalized spacial score (nSPS) is 28.3. The van der Waals surface area contributed by atoms with Crippen molar-refractivity contribution >= 4 is 29.7 Å². The minimum absolute atomic E-state index is 0.0959. The van der Waals surface area contributed by atoms with Gasteiger partial charge in [0.05, 0.1) is 49.2 Å². The van der Waals surface area contributed by atoms with Crippen molar-refractivity contribution in [1.29, 1.82) is 0 Å². The van der Waals surface area contributed by atoms with Gasteiger partial charge in [-0.3, -0.25) is 19.9 Å². The highest BCUT2D eigenvalue weighted by Gasteiger charge is 2.34. The first-order valence-electron chi connectivity index (χ1n) is 22.1. The van der Waals surface area contributed by atoms with Gasteiger partial charge in [-0.15, -0.1) is 0 Å². The number of hydrogen-bond donors (Lipinski definition) is 3. The Morgan fingerprint density at radius 3 is 2.73 bits per heavy atom. The molecule has 0 bridgehead atoms. The van der Waals surface area contributed by atoms with Crippen molar-refractivity contribution in [3.63, 3.8) is 0 Å². The van der Waals surface area contributed by atoms with Gasteiger partial charge in [0.2, 0.25) is 17.8 Å². The molecule has 5 atom stereocenters. The number of nitrogens with one attached hydrogen (secondary N) is 3. The number of rotatable bonds is 12. The lowest BCUT2D eigenvalue weighted by atomic mass is 9.68. The van der Waals surface area contributed by atoms with E-state index < -0.39 is 0 Å². The average Bonchev–Trinajstić information content (AvgIpc) is 3.46. The van der Waals surface area contributed by atoms with Gasteiger partial charge in [-0.2, -0.15) is 0 Å². The maximum absolute atomic E-state index is 15.4. The van der Waals surface area contributed by atoms with Gasteiger partial charge in [0.25, 0.3) is 0 Å².